The van der Waals surface area contributed by atoms with E-state index in [2.05, 4.69) is 24.2 Å². The highest BCUT2D eigenvalue weighted by atomic mass is 35.5. The summed E-state index contributed by atoms with van der Waals surface area (Å²) in [5, 5.41) is 3.79. The molecule has 1 aromatic rings. The molecule has 1 fully saturated rings. The fourth-order valence-corrected chi connectivity index (χ4v) is 2.60. The van der Waals surface area contributed by atoms with Gasteiger partial charge in [0.1, 0.15) is 5.82 Å². The average Bonchev–Trinajstić information content (AvgIpc) is 2.35. The Morgan fingerprint density at radius 1 is 1.39 bits per heavy atom. The SMILES string of the molecule is CC(NC1CCN(C)CC1)c1ccc(F)c(Cl)c1. The number of rotatable bonds is 3. The summed E-state index contributed by atoms with van der Waals surface area (Å²) in [7, 11) is 2.15. The highest BCUT2D eigenvalue weighted by molar-refractivity contribution is 6.30. The molecule has 2 nitrogen and oxygen atoms in total. The molecule has 4 heteroatoms. The van der Waals surface area contributed by atoms with E-state index in [9.17, 15) is 4.39 Å². The maximum atomic E-state index is 13.1. The minimum absolute atomic E-state index is 0.199. The molecule has 1 aliphatic heterocycles. The molecule has 0 aromatic heterocycles. The van der Waals surface area contributed by atoms with Crippen molar-refractivity contribution in [3.8, 4) is 0 Å². The predicted molar refractivity (Wildman–Crippen MR) is 73.5 cm³/mol. The van der Waals surface area contributed by atoms with Gasteiger partial charge in [0, 0.05) is 12.1 Å². The Labute approximate surface area is 113 Å². The van der Waals surface area contributed by atoms with Crippen molar-refractivity contribution in [3.63, 3.8) is 0 Å². The summed E-state index contributed by atoms with van der Waals surface area (Å²) >= 11 is 5.81. The molecule has 1 unspecified atom stereocenters. The first-order chi connectivity index (χ1) is 8.56. The number of hydrogen-bond acceptors (Lipinski definition) is 2. The maximum Gasteiger partial charge on any atom is 0.141 e. The fourth-order valence-electron chi connectivity index (χ4n) is 2.41. The molecule has 1 aromatic carbocycles. The Morgan fingerprint density at radius 2 is 2.06 bits per heavy atom. The van der Waals surface area contributed by atoms with Gasteiger partial charge < -0.3 is 10.2 Å². The van der Waals surface area contributed by atoms with Crippen LogP contribution in [0.25, 0.3) is 0 Å². The molecular formula is C14H20ClFN2. The highest BCUT2D eigenvalue weighted by Crippen LogP contribution is 2.22. The van der Waals surface area contributed by atoms with Gasteiger partial charge in [-0.05, 0) is 57.6 Å². The molecule has 1 heterocycles. The number of nitrogens with zero attached hydrogens (tertiary/aromatic N) is 1. The lowest BCUT2D eigenvalue weighted by atomic mass is 10.0. The van der Waals surface area contributed by atoms with Gasteiger partial charge in [-0.1, -0.05) is 17.7 Å². The Bertz CT molecular complexity index is 403. The molecule has 18 heavy (non-hydrogen) atoms. The maximum absolute atomic E-state index is 13.1. The predicted octanol–water partition coefficient (Wildman–Crippen LogP) is 3.22. The number of benzene rings is 1. The third-order valence-corrected chi connectivity index (χ3v) is 3.94. The first-order valence-electron chi connectivity index (χ1n) is 6.46. The Hall–Kier alpha value is -0.640. The van der Waals surface area contributed by atoms with Crippen LogP contribution in [0.2, 0.25) is 5.02 Å². The van der Waals surface area contributed by atoms with Gasteiger partial charge in [0.15, 0.2) is 0 Å². The molecule has 0 aliphatic carbocycles. The van der Waals surface area contributed by atoms with Crippen LogP contribution in [0, 0.1) is 5.82 Å². The van der Waals surface area contributed by atoms with E-state index in [0.717, 1.165) is 31.5 Å². The van der Waals surface area contributed by atoms with Crippen LogP contribution in [-0.4, -0.2) is 31.1 Å². The van der Waals surface area contributed by atoms with E-state index in [1.165, 1.54) is 6.07 Å². The van der Waals surface area contributed by atoms with Crippen LogP contribution in [0.5, 0.6) is 0 Å². The van der Waals surface area contributed by atoms with Crippen LogP contribution in [-0.2, 0) is 0 Å². The van der Waals surface area contributed by atoms with E-state index < -0.39 is 0 Å². The van der Waals surface area contributed by atoms with Crippen LogP contribution in [0.15, 0.2) is 18.2 Å². The van der Waals surface area contributed by atoms with Gasteiger partial charge in [-0.15, -0.1) is 0 Å². The van der Waals surface area contributed by atoms with Gasteiger partial charge in [0.25, 0.3) is 0 Å². The second-order valence-corrected chi connectivity index (χ2v) is 5.55. The normalized spacial score (nSPS) is 20.0. The minimum atomic E-state index is -0.355. The molecule has 100 valence electrons. The second kappa shape index (κ2) is 6.00. The minimum Gasteiger partial charge on any atom is -0.307 e. The van der Waals surface area contributed by atoms with Gasteiger partial charge in [-0.3, -0.25) is 0 Å². The van der Waals surface area contributed by atoms with Crippen molar-refractivity contribution in [2.24, 2.45) is 0 Å². The monoisotopic (exact) mass is 270 g/mol. The summed E-state index contributed by atoms with van der Waals surface area (Å²) < 4.78 is 13.1. The third kappa shape index (κ3) is 3.44. The topological polar surface area (TPSA) is 15.3 Å². The molecule has 1 aliphatic rings. The van der Waals surface area contributed by atoms with Crippen LogP contribution in [0.3, 0.4) is 0 Å². The van der Waals surface area contributed by atoms with Crippen molar-refractivity contribution >= 4 is 11.6 Å². The van der Waals surface area contributed by atoms with E-state index in [1.54, 1.807) is 12.1 Å². The Morgan fingerprint density at radius 3 is 2.67 bits per heavy atom. The van der Waals surface area contributed by atoms with Crippen LogP contribution in [0.4, 0.5) is 4.39 Å². The smallest absolute Gasteiger partial charge is 0.141 e. The van der Waals surface area contributed by atoms with Crippen molar-refractivity contribution in [1.29, 1.82) is 0 Å². The average molecular weight is 271 g/mol. The number of halogens is 2. The van der Waals surface area contributed by atoms with E-state index >= 15 is 0 Å². The Kier molecular flexibility index (Phi) is 4.60. The van der Waals surface area contributed by atoms with Crippen molar-refractivity contribution in [2.75, 3.05) is 20.1 Å². The first-order valence-corrected chi connectivity index (χ1v) is 6.83. The largest absolute Gasteiger partial charge is 0.307 e. The van der Waals surface area contributed by atoms with Gasteiger partial charge in [0.2, 0.25) is 0 Å². The van der Waals surface area contributed by atoms with Crippen molar-refractivity contribution in [1.82, 2.24) is 10.2 Å². The molecule has 0 amide bonds. The van der Waals surface area contributed by atoms with Crippen molar-refractivity contribution in [2.45, 2.75) is 31.8 Å². The lowest BCUT2D eigenvalue weighted by molar-refractivity contribution is 0.226. The Balaban J connectivity index is 1.94. The number of nitrogens with one attached hydrogen (secondary N) is 1. The summed E-state index contributed by atoms with van der Waals surface area (Å²) in [5.41, 5.74) is 1.04. The first kappa shape index (κ1) is 13.8. The van der Waals surface area contributed by atoms with Crippen LogP contribution >= 0.6 is 11.6 Å². The molecule has 1 N–H and O–H groups in total. The molecule has 1 atom stereocenters. The van der Waals surface area contributed by atoms with Gasteiger partial charge in [0.05, 0.1) is 5.02 Å². The van der Waals surface area contributed by atoms with Crippen LogP contribution < -0.4 is 5.32 Å². The quantitative estimate of drug-likeness (QED) is 0.907. The number of likely N-dealkylation sites (tertiary alicyclic amines) is 1. The summed E-state index contributed by atoms with van der Waals surface area (Å²) in [5.74, 6) is -0.355. The van der Waals surface area contributed by atoms with E-state index in [1.807, 2.05) is 0 Å². The zero-order valence-electron chi connectivity index (χ0n) is 10.9. The standard InChI is InChI=1S/C14H20ClFN2/c1-10(11-3-4-14(16)13(15)9-11)17-12-5-7-18(2)8-6-12/h3-4,9-10,12,17H,5-8H2,1-2H3. The fraction of sp³-hybridized carbons (Fsp3) is 0.571. The molecule has 0 radical (unpaired) electrons. The molecule has 1 saturated heterocycles. The lowest BCUT2D eigenvalue weighted by Crippen LogP contribution is -2.41. The van der Waals surface area contributed by atoms with Crippen LogP contribution in [0.1, 0.15) is 31.4 Å². The number of hydrogen-bond donors (Lipinski definition) is 1. The molecule has 2 rings (SSSR count). The summed E-state index contributed by atoms with van der Waals surface area (Å²) in [6, 6.07) is 5.69. The van der Waals surface area contributed by atoms with Crippen molar-refractivity contribution in [3.05, 3.63) is 34.6 Å². The van der Waals surface area contributed by atoms with E-state index in [0.29, 0.717) is 6.04 Å². The van der Waals surface area contributed by atoms with Gasteiger partial charge in [-0.2, -0.15) is 0 Å². The van der Waals surface area contributed by atoms with E-state index in [4.69, 9.17) is 11.6 Å². The lowest BCUT2D eigenvalue weighted by Gasteiger charge is -2.31. The third-order valence-electron chi connectivity index (χ3n) is 3.65. The zero-order chi connectivity index (χ0) is 13.1. The highest BCUT2D eigenvalue weighted by Gasteiger charge is 2.19. The molecule has 0 spiro atoms. The summed E-state index contributed by atoms with van der Waals surface area (Å²) in [4.78, 5) is 2.34. The van der Waals surface area contributed by atoms with Gasteiger partial charge >= 0.3 is 0 Å². The van der Waals surface area contributed by atoms with E-state index in [-0.39, 0.29) is 16.9 Å². The second-order valence-electron chi connectivity index (χ2n) is 5.14. The number of piperidine rings is 1. The summed E-state index contributed by atoms with van der Waals surface area (Å²) in [6.07, 6.45) is 2.32. The van der Waals surface area contributed by atoms with Crippen molar-refractivity contribution < 1.29 is 4.39 Å². The molecule has 0 saturated carbocycles. The molecule has 0 bridgehead atoms. The summed E-state index contributed by atoms with van der Waals surface area (Å²) in [6.45, 7) is 4.37. The van der Waals surface area contributed by atoms with Gasteiger partial charge in [-0.25, -0.2) is 4.39 Å². The molecular weight excluding hydrogens is 251 g/mol. The zero-order valence-corrected chi connectivity index (χ0v) is 11.7.